The molecule has 7 nitrogen and oxygen atoms in total. The van der Waals surface area contributed by atoms with Crippen molar-refractivity contribution >= 4 is 27.5 Å². The van der Waals surface area contributed by atoms with Gasteiger partial charge in [-0.25, -0.2) is 4.68 Å². The van der Waals surface area contributed by atoms with E-state index < -0.39 is 0 Å². The van der Waals surface area contributed by atoms with Crippen LogP contribution in [0.2, 0.25) is 0 Å². The van der Waals surface area contributed by atoms with Gasteiger partial charge in [-0.2, -0.15) is 0 Å². The van der Waals surface area contributed by atoms with Crippen molar-refractivity contribution in [1.82, 2.24) is 24.9 Å². The summed E-state index contributed by atoms with van der Waals surface area (Å²) in [6, 6.07) is 4.24. The van der Waals surface area contributed by atoms with E-state index in [1.165, 1.54) is 0 Å². The summed E-state index contributed by atoms with van der Waals surface area (Å²) >= 11 is 1.65. The first kappa shape index (κ1) is 15.3. The Kier molecular flexibility index (Phi) is 4.07. The SMILES string of the molecule is COCc1cn(C2CCN(C(=O)c3cc4sccc4[nH]3)CC2)nn1. The van der Waals surface area contributed by atoms with Crippen LogP contribution >= 0.6 is 11.3 Å². The first-order valence-electron chi connectivity index (χ1n) is 8.00. The Morgan fingerprint density at radius 3 is 3.04 bits per heavy atom. The van der Waals surface area contributed by atoms with E-state index in [1.807, 2.05) is 33.3 Å². The molecule has 1 amide bonds. The second kappa shape index (κ2) is 6.37. The summed E-state index contributed by atoms with van der Waals surface area (Å²) in [5, 5.41) is 10.3. The topological polar surface area (TPSA) is 76.0 Å². The first-order chi connectivity index (χ1) is 11.7. The Morgan fingerprint density at radius 2 is 2.29 bits per heavy atom. The van der Waals surface area contributed by atoms with Gasteiger partial charge < -0.3 is 14.6 Å². The molecule has 3 aromatic heterocycles. The predicted molar refractivity (Wildman–Crippen MR) is 91.1 cm³/mol. The highest BCUT2D eigenvalue weighted by Gasteiger charge is 2.26. The lowest BCUT2D eigenvalue weighted by molar-refractivity contribution is 0.0684. The number of nitrogens with one attached hydrogen (secondary N) is 1. The number of fused-ring (bicyclic) bond motifs is 1. The number of piperidine rings is 1. The Morgan fingerprint density at radius 1 is 1.46 bits per heavy atom. The maximum absolute atomic E-state index is 12.6. The van der Waals surface area contributed by atoms with Gasteiger partial charge in [0.2, 0.25) is 0 Å². The van der Waals surface area contributed by atoms with Gasteiger partial charge in [0.05, 0.1) is 29.1 Å². The fourth-order valence-corrected chi connectivity index (χ4v) is 3.96. The van der Waals surface area contributed by atoms with E-state index in [9.17, 15) is 4.79 Å². The lowest BCUT2D eigenvalue weighted by Gasteiger charge is -2.31. The number of hydrogen-bond donors (Lipinski definition) is 1. The van der Waals surface area contributed by atoms with Gasteiger partial charge in [-0.1, -0.05) is 5.21 Å². The maximum atomic E-state index is 12.6. The van der Waals surface area contributed by atoms with Crippen LogP contribution in [-0.4, -0.2) is 51.0 Å². The number of ether oxygens (including phenoxy) is 1. The number of likely N-dealkylation sites (tertiary alicyclic amines) is 1. The first-order valence-corrected chi connectivity index (χ1v) is 8.87. The minimum absolute atomic E-state index is 0.0792. The monoisotopic (exact) mass is 345 g/mol. The summed E-state index contributed by atoms with van der Waals surface area (Å²) in [6.07, 6.45) is 3.71. The summed E-state index contributed by atoms with van der Waals surface area (Å²) in [6.45, 7) is 1.94. The molecule has 0 saturated carbocycles. The van der Waals surface area contributed by atoms with Crippen molar-refractivity contribution in [2.24, 2.45) is 0 Å². The van der Waals surface area contributed by atoms with E-state index in [4.69, 9.17) is 4.74 Å². The molecule has 1 N–H and O–H groups in total. The number of aromatic amines is 1. The second-order valence-electron chi connectivity index (χ2n) is 6.03. The van der Waals surface area contributed by atoms with E-state index in [0.29, 0.717) is 18.3 Å². The van der Waals surface area contributed by atoms with Crippen LogP contribution in [-0.2, 0) is 11.3 Å². The predicted octanol–water partition coefficient (Wildman–Crippen LogP) is 2.44. The van der Waals surface area contributed by atoms with E-state index in [0.717, 1.165) is 41.8 Å². The molecule has 3 aromatic rings. The van der Waals surface area contributed by atoms with E-state index in [-0.39, 0.29) is 5.91 Å². The minimum Gasteiger partial charge on any atom is -0.378 e. The number of amides is 1. The van der Waals surface area contributed by atoms with Gasteiger partial charge in [-0.05, 0) is 30.4 Å². The molecular formula is C16H19N5O2S. The Balaban J connectivity index is 1.39. The average Bonchev–Trinajstić information content (AvgIpc) is 3.30. The number of nitrogens with zero attached hydrogens (tertiary/aromatic N) is 4. The minimum atomic E-state index is 0.0792. The van der Waals surface area contributed by atoms with Crippen LogP contribution in [0.15, 0.2) is 23.7 Å². The molecule has 0 aromatic carbocycles. The van der Waals surface area contributed by atoms with Gasteiger partial charge in [-0.3, -0.25) is 4.79 Å². The summed E-state index contributed by atoms with van der Waals surface area (Å²) in [4.78, 5) is 17.8. The van der Waals surface area contributed by atoms with Crippen LogP contribution in [0.3, 0.4) is 0 Å². The van der Waals surface area contributed by atoms with Crippen LogP contribution in [0, 0.1) is 0 Å². The molecule has 126 valence electrons. The third kappa shape index (κ3) is 2.83. The standard InChI is InChI=1S/C16H19N5O2S/c1-23-10-11-9-21(19-18-11)12-2-5-20(6-3-12)16(22)14-8-15-13(17-14)4-7-24-15/h4,7-9,12,17H,2-3,5-6,10H2,1H3. The number of carbonyl (C=O) groups excluding carboxylic acids is 1. The molecule has 1 saturated heterocycles. The molecule has 0 spiro atoms. The Labute approximate surface area is 143 Å². The zero-order valence-electron chi connectivity index (χ0n) is 13.4. The fourth-order valence-electron chi connectivity index (χ4n) is 3.17. The molecule has 0 aliphatic carbocycles. The van der Waals surface area contributed by atoms with Gasteiger partial charge in [0, 0.05) is 20.2 Å². The quantitative estimate of drug-likeness (QED) is 0.788. The van der Waals surface area contributed by atoms with Crippen LogP contribution in [0.5, 0.6) is 0 Å². The summed E-state index contributed by atoms with van der Waals surface area (Å²) < 4.78 is 8.10. The number of carbonyl (C=O) groups is 1. The highest BCUT2D eigenvalue weighted by Crippen LogP contribution is 2.25. The zero-order chi connectivity index (χ0) is 16.5. The van der Waals surface area contributed by atoms with Crippen LogP contribution in [0.25, 0.3) is 10.2 Å². The normalized spacial score (nSPS) is 16.1. The number of thiophene rings is 1. The van der Waals surface area contributed by atoms with Gasteiger partial charge >= 0.3 is 0 Å². The maximum Gasteiger partial charge on any atom is 0.270 e. The van der Waals surface area contributed by atoms with Crippen molar-refractivity contribution in [2.45, 2.75) is 25.5 Å². The Bertz CT molecular complexity index is 815. The summed E-state index contributed by atoms with van der Waals surface area (Å²) in [7, 11) is 1.65. The van der Waals surface area contributed by atoms with Crippen LogP contribution in [0.4, 0.5) is 0 Å². The van der Waals surface area contributed by atoms with E-state index in [1.54, 1.807) is 18.4 Å². The van der Waals surface area contributed by atoms with Crippen LogP contribution < -0.4 is 0 Å². The van der Waals surface area contributed by atoms with E-state index >= 15 is 0 Å². The van der Waals surface area contributed by atoms with Gasteiger partial charge in [0.15, 0.2) is 0 Å². The third-order valence-electron chi connectivity index (χ3n) is 4.45. The molecule has 1 aliphatic rings. The van der Waals surface area contributed by atoms with Crippen molar-refractivity contribution < 1.29 is 9.53 Å². The Hall–Kier alpha value is -2.19. The summed E-state index contributed by atoms with van der Waals surface area (Å²) in [5.74, 6) is 0.0792. The molecule has 0 radical (unpaired) electrons. The third-order valence-corrected chi connectivity index (χ3v) is 5.31. The number of hydrogen-bond acceptors (Lipinski definition) is 5. The number of H-pyrrole nitrogens is 1. The van der Waals surface area contributed by atoms with Gasteiger partial charge in [0.1, 0.15) is 11.4 Å². The number of methoxy groups -OCH3 is 1. The highest BCUT2D eigenvalue weighted by molar-refractivity contribution is 7.17. The molecule has 0 atom stereocenters. The average molecular weight is 345 g/mol. The zero-order valence-corrected chi connectivity index (χ0v) is 14.3. The van der Waals surface area contributed by atoms with Crippen molar-refractivity contribution in [2.75, 3.05) is 20.2 Å². The fraction of sp³-hybridized carbons (Fsp3) is 0.438. The largest absolute Gasteiger partial charge is 0.378 e. The molecule has 1 aliphatic heterocycles. The molecule has 24 heavy (non-hydrogen) atoms. The van der Waals surface area contributed by atoms with Crippen LogP contribution in [0.1, 0.15) is 35.1 Å². The van der Waals surface area contributed by atoms with E-state index in [2.05, 4.69) is 15.3 Å². The van der Waals surface area contributed by atoms with Crippen molar-refractivity contribution in [1.29, 1.82) is 0 Å². The molecule has 1 fully saturated rings. The molecule has 0 bridgehead atoms. The highest BCUT2D eigenvalue weighted by atomic mass is 32.1. The molecular weight excluding hydrogens is 326 g/mol. The lowest BCUT2D eigenvalue weighted by Crippen LogP contribution is -2.39. The van der Waals surface area contributed by atoms with Gasteiger partial charge in [-0.15, -0.1) is 16.4 Å². The molecule has 4 rings (SSSR count). The van der Waals surface area contributed by atoms with Crippen molar-refractivity contribution in [3.63, 3.8) is 0 Å². The van der Waals surface area contributed by atoms with Crippen molar-refractivity contribution in [3.05, 3.63) is 35.1 Å². The number of aromatic nitrogens is 4. The second-order valence-corrected chi connectivity index (χ2v) is 6.98. The summed E-state index contributed by atoms with van der Waals surface area (Å²) in [5.41, 5.74) is 2.55. The molecule has 0 unspecified atom stereocenters. The molecule has 4 heterocycles. The number of rotatable bonds is 4. The molecule has 8 heteroatoms. The smallest absolute Gasteiger partial charge is 0.270 e. The van der Waals surface area contributed by atoms with Crippen molar-refractivity contribution in [3.8, 4) is 0 Å². The lowest BCUT2D eigenvalue weighted by atomic mass is 10.0. The van der Waals surface area contributed by atoms with Gasteiger partial charge in [0.25, 0.3) is 5.91 Å².